The highest BCUT2D eigenvalue weighted by Crippen LogP contribution is 2.38. The number of hydrogen-bond donors (Lipinski definition) is 1. The molecule has 1 aromatic rings. The van der Waals surface area contributed by atoms with Gasteiger partial charge < -0.3 is 19.5 Å². The highest BCUT2D eigenvalue weighted by Gasteiger charge is 2.28. The Kier molecular flexibility index (Phi) is 5.56. The van der Waals surface area contributed by atoms with Gasteiger partial charge in [0, 0.05) is 12.1 Å². The number of fused-ring (bicyclic) bond motifs is 1. The van der Waals surface area contributed by atoms with Crippen molar-refractivity contribution < 1.29 is 28.7 Å². The Morgan fingerprint density at radius 1 is 1.38 bits per heavy atom. The fraction of sp³-hybridized carbons (Fsp3) is 0.467. The quantitative estimate of drug-likeness (QED) is 0.457. The van der Waals surface area contributed by atoms with Gasteiger partial charge in [-0.25, -0.2) is 4.79 Å². The zero-order chi connectivity index (χ0) is 17.7. The Balaban J connectivity index is 2.04. The van der Waals surface area contributed by atoms with Crippen LogP contribution in [0.25, 0.3) is 0 Å². The van der Waals surface area contributed by atoms with Gasteiger partial charge in [0.25, 0.3) is 11.6 Å². The smallest absolute Gasteiger partial charge is 0.345 e. The average molecular weight is 338 g/mol. The van der Waals surface area contributed by atoms with Crippen LogP contribution in [0.5, 0.6) is 11.5 Å². The number of amides is 1. The van der Waals surface area contributed by atoms with Crippen LogP contribution >= 0.6 is 0 Å². The average Bonchev–Trinajstić information content (AvgIpc) is 2.98. The molecule has 0 saturated heterocycles. The van der Waals surface area contributed by atoms with Gasteiger partial charge >= 0.3 is 5.97 Å². The number of ether oxygens (including phenoxy) is 3. The lowest BCUT2D eigenvalue weighted by molar-refractivity contribution is -0.385. The van der Waals surface area contributed by atoms with Crippen molar-refractivity contribution in [2.45, 2.75) is 32.7 Å². The molecule has 130 valence electrons. The van der Waals surface area contributed by atoms with E-state index in [0.717, 1.165) is 18.9 Å². The first-order chi connectivity index (χ1) is 11.4. The van der Waals surface area contributed by atoms with Gasteiger partial charge in [0.05, 0.1) is 11.0 Å². The van der Waals surface area contributed by atoms with Crippen LogP contribution in [-0.4, -0.2) is 36.2 Å². The predicted molar refractivity (Wildman–Crippen MR) is 82.0 cm³/mol. The molecule has 1 amide bonds. The van der Waals surface area contributed by atoms with E-state index in [-0.39, 0.29) is 29.9 Å². The van der Waals surface area contributed by atoms with E-state index >= 15 is 0 Å². The van der Waals surface area contributed by atoms with Gasteiger partial charge in [-0.2, -0.15) is 0 Å². The Labute approximate surface area is 138 Å². The second-order valence-corrected chi connectivity index (χ2v) is 5.31. The molecule has 1 N–H and O–H groups in total. The van der Waals surface area contributed by atoms with Crippen LogP contribution in [0.4, 0.5) is 5.69 Å². The Hall–Kier alpha value is -2.84. The highest BCUT2D eigenvalue weighted by atomic mass is 16.7. The third-order valence-corrected chi connectivity index (χ3v) is 3.37. The first kappa shape index (κ1) is 17.5. The number of benzene rings is 1. The van der Waals surface area contributed by atoms with Gasteiger partial charge in [-0.05, 0) is 13.3 Å². The minimum absolute atomic E-state index is 0.0407. The van der Waals surface area contributed by atoms with E-state index in [1.165, 1.54) is 6.07 Å². The molecule has 1 unspecified atom stereocenters. The third-order valence-electron chi connectivity index (χ3n) is 3.37. The van der Waals surface area contributed by atoms with Crippen LogP contribution in [0.3, 0.4) is 0 Å². The van der Waals surface area contributed by atoms with E-state index in [2.05, 4.69) is 5.32 Å². The molecule has 1 aromatic carbocycles. The summed E-state index contributed by atoms with van der Waals surface area (Å²) in [5.74, 6) is -1.04. The van der Waals surface area contributed by atoms with Gasteiger partial charge in [-0.1, -0.05) is 13.3 Å². The van der Waals surface area contributed by atoms with Crippen molar-refractivity contribution >= 4 is 17.6 Å². The molecule has 1 aliphatic rings. The number of carbonyl (C=O) groups is 2. The van der Waals surface area contributed by atoms with Crippen molar-refractivity contribution in [3.05, 3.63) is 27.8 Å². The molecule has 0 fully saturated rings. The number of nitrogens with one attached hydrogen (secondary N) is 1. The fourth-order valence-corrected chi connectivity index (χ4v) is 2.28. The van der Waals surface area contributed by atoms with Crippen molar-refractivity contribution in [1.82, 2.24) is 5.32 Å². The van der Waals surface area contributed by atoms with E-state index in [1.807, 2.05) is 13.8 Å². The molecule has 1 heterocycles. The minimum Gasteiger partial charge on any atom is -0.454 e. The number of nitrogens with zero attached hydrogens (tertiary/aromatic N) is 1. The van der Waals surface area contributed by atoms with E-state index in [9.17, 15) is 19.7 Å². The van der Waals surface area contributed by atoms with Crippen LogP contribution in [0.15, 0.2) is 12.1 Å². The van der Waals surface area contributed by atoms with E-state index in [4.69, 9.17) is 14.2 Å². The number of esters is 1. The maximum atomic E-state index is 12.1. The molecular formula is C15H18N2O7. The molecule has 0 aromatic heterocycles. The first-order valence-corrected chi connectivity index (χ1v) is 7.47. The predicted octanol–water partition coefficient (Wildman–Crippen LogP) is 1.79. The van der Waals surface area contributed by atoms with Crippen LogP contribution in [0.1, 0.15) is 37.0 Å². The summed E-state index contributed by atoms with van der Waals surface area (Å²) in [6.45, 7) is 3.23. The van der Waals surface area contributed by atoms with Crippen LogP contribution in [0.2, 0.25) is 0 Å². The third kappa shape index (κ3) is 4.12. The van der Waals surface area contributed by atoms with Gasteiger partial charge in [0.2, 0.25) is 6.79 Å². The minimum atomic E-state index is -0.974. The zero-order valence-corrected chi connectivity index (χ0v) is 13.4. The lowest BCUT2D eigenvalue weighted by Gasteiger charge is -2.12. The van der Waals surface area contributed by atoms with Gasteiger partial charge in [0.1, 0.15) is 5.56 Å². The molecule has 0 saturated carbocycles. The van der Waals surface area contributed by atoms with Crippen LogP contribution in [0, 0.1) is 10.1 Å². The Morgan fingerprint density at radius 3 is 2.67 bits per heavy atom. The fourth-order valence-electron chi connectivity index (χ4n) is 2.28. The molecule has 0 spiro atoms. The lowest BCUT2D eigenvalue weighted by atomic mass is 10.1. The largest absolute Gasteiger partial charge is 0.454 e. The van der Waals surface area contributed by atoms with Crippen molar-refractivity contribution in [3.8, 4) is 11.5 Å². The molecule has 0 radical (unpaired) electrons. The maximum Gasteiger partial charge on any atom is 0.345 e. The number of nitro benzene ring substituents is 1. The second kappa shape index (κ2) is 7.62. The molecule has 9 nitrogen and oxygen atoms in total. The summed E-state index contributed by atoms with van der Waals surface area (Å²) in [5, 5.41) is 13.8. The summed E-state index contributed by atoms with van der Waals surface area (Å²) >= 11 is 0. The summed E-state index contributed by atoms with van der Waals surface area (Å²) in [4.78, 5) is 34.2. The standard InChI is InChI=1S/C15H18N2O7/c1-3-4-9(2)16-14(18)7-22-15(19)10-5-12-13(24-8-23-12)6-11(10)17(20)21/h5-6,9H,3-4,7-8H2,1-2H3,(H,16,18). The molecule has 0 aliphatic carbocycles. The highest BCUT2D eigenvalue weighted by molar-refractivity contribution is 5.96. The SMILES string of the molecule is CCCC(C)NC(=O)COC(=O)c1cc2c(cc1[N+](=O)[O-])OCO2. The normalized spacial score (nSPS) is 13.2. The zero-order valence-electron chi connectivity index (χ0n) is 13.4. The van der Waals surface area contributed by atoms with E-state index in [0.29, 0.717) is 0 Å². The summed E-state index contributed by atoms with van der Waals surface area (Å²) in [5.41, 5.74) is -0.761. The van der Waals surface area contributed by atoms with E-state index < -0.39 is 29.1 Å². The molecule has 2 rings (SSSR count). The lowest BCUT2D eigenvalue weighted by Crippen LogP contribution is -2.35. The maximum absolute atomic E-state index is 12.1. The molecule has 24 heavy (non-hydrogen) atoms. The van der Waals surface area contributed by atoms with Gasteiger partial charge in [0.15, 0.2) is 18.1 Å². The van der Waals surface area contributed by atoms with Crippen LogP contribution in [-0.2, 0) is 9.53 Å². The first-order valence-electron chi connectivity index (χ1n) is 7.47. The Bertz CT molecular complexity index is 659. The van der Waals surface area contributed by atoms with E-state index in [1.54, 1.807) is 0 Å². The van der Waals surface area contributed by atoms with Crippen molar-refractivity contribution in [3.63, 3.8) is 0 Å². The van der Waals surface area contributed by atoms with Gasteiger partial charge in [-0.15, -0.1) is 0 Å². The topological polar surface area (TPSA) is 117 Å². The number of nitro groups is 1. The summed E-state index contributed by atoms with van der Waals surface area (Å²) < 4.78 is 15.0. The number of carbonyl (C=O) groups excluding carboxylic acids is 2. The monoisotopic (exact) mass is 338 g/mol. The Morgan fingerprint density at radius 2 is 2.04 bits per heavy atom. The molecular weight excluding hydrogens is 320 g/mol. The molecule has 9 heteroatoms. The molecule has 1 aliphatic heterocycles. The summed E-state index contributed by atoms with van der Waals surface area (Å²) in [6.07, 6.45) is 1.71. The van der Waals surface area contributed by atoms with Crippen molar-refractivity contribution in [2.75, 3.05) is 13.4 Å². The van der Waals surface area contributed by atoms with Crippen molar-refractivity contribution in [1.29, 1.82) is 0 Å². The second-order valence-electron chi connectivity index (χ2n) is 5.31. The van der Waals surface area contributed by atoms with Gasteiger partial charge in [-0.3, -0.25) is 14.9 Å². The molecule has 1 atom stereocenters. The summed E-state index contributed by atoms with van der Waals surface area (Å²) in [6, 6.07) is 2.24. The molecule has 0 bridgehead atoms. The number of hydrogen-bond acceptors (Lipinski definition) is 7. The van der Waals surface area contributed by atoms with Crippen molar-refractivity contribution in [2.24, 2.45) is 0 Å². The summed E-state index contributed by atoms with van der Waals surface area (Å²) in [7, 11) is 0. The number of rotatable bonds is 7. The van der Waals surface area contributed by atoms with Crippen LogP contribution < -0.4 is 14.8 Å².